The van der Waals surface area contributed by atoms with Crippen molar-refractivity contribution in [1.29, 1.82) is 5.26 Å². The molecule has 0 saturated carbocycles. The molecule has 3 rings (SSSR count). The number of benzene rings is 2. The molecule has 1 N–H and O–H groups in total. The summed E-state index contributed by atoms with van der Waals surface area (Å²) in [6.07, 6.45) is 1.55. The van der Waals surface area contributed by atoms with Gasteiger partial charge >= 0.3 is 0 Å². The van der Waals surface area contributed by atoms with Gasteiger partial charge in [-0.2, -0.15) is 5.26 Å². The average molecular weight is 357 g/mol. The van der Waals surface area contributed by atoms with Crippen molar-refractivity contribution in [1.82, 2.24) is 9.97 Å². The van der Waals surface area contributed by atoms with E-state index in [4.69, 9.17) is 5.26 Å². The third-order valence-corrected chi connectivity index (χ3v) is 4.02. The summed E-state index contributed by atoms with van der Waals surface area (Å²) in [6.45, 7) is 4.45. The van der Waals surface area contributed by atoms with Gasteiger partial charge in [-0.1, -0.05) is 12.1 Å². The largest absolute Gasteiger partial charge is 0.324 e. The Kier molecular flexibility index (Phi) is 5.43. The van der Waals surface area contributed by atoms with Gasteiger partial charge in [-0.3, -0.25) is 4.79 Å². The molecule has 1 heterocycles. The van der Waals surface area contributed by atoms with Gasteiger partial charge < -0.3 is 10.2 Å². The van der Waals surface area contributed by atoms with Crippen molar-refractivity contribution >= 4 is 23.2 Å². The Labute approximate surface area is 158 Å². The van der Waals surface area contributed by atoms with E-state index in [0.29, 0.717) is 23.8 Å². The Bertz CT molecular complexity index is 992. The first-order chi connectivity index (χ1) is 13.1. The maximum Gasteiger partial charge on any atom is 0.277 e. The van der Waals surface area contributed by atoms with E-state index in [1.165, 1.54) is 0 Å². The molecule has 27 heavy (non-hydrogen) atoms. The Morgan fingerprint density at radius 1 is 1.19 bits per heavy atom. The molecule has 0 aliphatic rings. The van der Waals surface area contributed by atoms with E-state index >= 15 is 0 Å². The van der Waals surface area contributed by atoms with E-state index < -0.39 is 0 Å². The Morgan fingerprint density at radius 3 is 2.63 bits per heavy atom. The smallest absolute Gasteiger partial charge is 0.277 e. The van der Waals surface area contributed by atoms with Crippen LogP contribution in [0, 0.1) is 18.3 Å². The number of nitrogens with zero attached hydrogens (tertiary/aromatic N) is 4. The van der Waals surface area contributed by atoms with Gasteiger partial charge in [-0.15, -0.1) is 0 Å². The molecule has 2 aromatic carbocycles. The highest BCUT2D eigenvalue weighted by Crippen LogP contribution is 2.19. The van der Waals surface area contributed by atoms with Gasteiger partial charge in [0.05, 0.1) is 11.6 Å². The van der Waals surface area contributed by atoms with Crippen LogP contribution in [0.1, 0.15) is 28.5 Å². The highest BCUT2D eigenvalue weighted by Gasteiger charge is 2.18. The van der Waals surface area contributed by atoms with Crippen molar-refractivity contribution in [3.63, 3.8) is 0 Å². The van der Waals surface area contributed by atoms with Crippen molar-refractivity contribution in [2.45, 2.75) is 13.8 Å². The van der Waals surface area contributed by atoms with Crippen LogP contribution >= 0.6 is 0 Å². The van der Waals surface area contributed by atoms with Crippen LogP contribution in [0.25, 0.3) is 0 Å². The molecule has 0 fully saturated rings. The molecule has 6 nitrogen and oxygen atoms in total. The summed E-state index contributed by atoms with van der Waals surface area (Å²) in [4.78, 5) is 23.2. The average Bonchev–Trinajstić information content (AvgIpc) is 2.69. The molecule has 1 amide bonds. The molecule has 0 atom stereocenters. The van der Waals surface area contributed by atoms with Gasteiger partial charge in [0.15, 0.2) is 0 Å². The Hall–Kier alpha value is -3.72. The zero-order valence-electron chi connectivity index (χ0n) is 15.2. The fraction of sp³-hybridized carbons (Fsp3) is 0.143. The number of aromatic nitrogens is 2. The van der Waals surface area contributed by atoms with Crippen LogP contribution in [-0.2, 0) is 0 Å². The molecule has 0 aliphatic heterocycles. The monoisotopic (exact) mass is 357 g/mol. The highest BCUT2D eigenvalue weighted by atomic mass is 16.2. The van der Waals surface area contributed by atoms with Crippen molar-refractivity contribution in [2.24, 2.45) is 0 Å². The molecule has 0 spiro atoms. The van der Waals surface area contributed by atoms with E-state index in [-0.39, 0.29) is 5.91 Å². The third-order valence-electron chi connectivity index (χ3n) is 4.02. The minimum absolute atomic E-state index is 0.187. The molecule has 3 aromatic rings. The number of hydrogen-bond acceptors (Lipinski definition) is 5. The fourth-order valence-electron chi connectivity index (χ4n) is 2.67. The minimum Gasteiger partial charge on any atom is -0.324 e. The first-order valence-electron chi connectivity index (χ1n) is 8.59. The lowest BCUT2D eigenvalue weighted by Gasteiger charge is -2.21. The minimum atomic E-state index is -0.187. The predicted molar refractivity (Wildman–Crippen MR) is 105 cm³/mol. The number of hydrogen-bond donors (Lipinski definition) is 1. The molecule has 0 saturated heterocycles. The van der Waals surface area contributed by atoms with Gasteiger partial charge in [0.1, 0.15) is 5.69 Å². The van der Waals surface area contributed by atoms with Crippen molar-refractivity contribution in [2.75, 3.05) is 16.8 Å². The topological polar surface area (TPSA) is 81.9 Å². The van der Waals surface area contributed by atoms with Gasteiger partial charge in [-0.25, -0.2) is 9.97 Å². The van der Waals surface area contributed by atoms with Gasteiger partial charge in [0.25, 0.3) is 5.91 Å². The van der Waals surface area contributed by atoms with Crippen molar-refractivity contribution < 1.29 is 4.79 Å². The predicted octanol–water partition coefficient (Wildman–Crippen LogP) is 4.07. The SMILES string of the molecule is CCN(C(=O)c1ccnc(Nc2ccc(C#N)cc2)n1)c1cccc(C)c1. The molecule has 1 aromatic heterocycles. The third kappa shape index (κ3) is 4.28. The maximum absolute atomic E-state index is 12.9. The Morgan fingerprint density at radius 2 is 1.96 bits per heavy atom. The van der Waals surface area contributed by atoms with Crippen LogP contribution in [0.2, 0.25) is 0 Å². The zero-order valence-corrected chi connectivity index (χ0v) is 15.2. The second-order valence-corrected chi connectivity index (χ2v) is 5.97. The van der Waals surface area contributed by atoms with Crippen LogP contribution in [0.5, 0.6) is 0 Å². The van der Waals surface area contributed by atoms with Crippen LogP contribution in [0.3, 0.4) is 0 Å². The number of anilines is 3. The van der Waals surface area contributed by atoms with Crippen LogP contribution in [0.4, 0.5) is 17.3 Å². The maximum atomic E-state index is 12.9. The van der Waals surface area contributed by atoms with Gasteiger partial charge in [-0.05, 0) is 61.9 Å². The molecule has 0 unspecified atom stereocenters. The van der Waals surface area contributed by atoms with Crippen molar-refractivity contribution in [3.05, 3.63) is 77.6 Å². The first-order valence-corrected chi connectivity index (χ1v) is 8.59. The number of carbonyl (C=O) groups excluding carboxylic acids is 1. The van der Waals surface area contributed by atoms with Crippen molar-refractivity contribution in [3.8, 4) is 6.07 Å². The van der Waals surface area contributed by atoms with Crippen LogP contribution in [0.15, 0.2) is 60.8 Å². The summed E-state index contributed by atoms with van der Waals surface area (Å²) < 4.78 is 0. The number of rotatable bonds is 5. The van der Waals surface area contributed by atoms with Gasteiger partial charge in [0, 0.05) is 24.1 Å². The second kappa shape index (κ2) is 8.11. The molecule has 0 radical (unpaired) electrons. The van der Waals surface area contributed by atoms with E-state index in [2.05, 4.69) is 21.4 Å². The lowest BCUT2D eigenvalue weighted by molar-refractivity contribution is 0.0983. The molecular weight excluding hydrogens is 338 g/mol. The molecule has 0 aliphatic carbocycles. The summed E-state index contributed by atoms with van der Waals surface area (Å²) in [5.41, 5.74) is 3.54. The molecule has 0 bridgehead atoms. The number of amides is 1. The number of aryl methyl sites for hydroxylation is 1. The summed E-state index contributed by atoms with van der Waals surface area (Å²) in [6, 6.07) is 18.4. The highest BCUT2D eigenvalue weighted by molar-refractivity contribution is 6.04. The zero-order chi connectivity index (χ0) is 19.2. The summed E-state index contributed by atoms with van der Waals surface area (Å²) in [5.74, 6) is 0.138. The van der Waals surface area contributed by atoms with Crippen LogP contribution < -0.4 is 10.2 Å². The molecule has 6 heteroatoms. The molecular formula is C21H19N5O. The lowest BCUT2D eigenvalue weighted by Crippen LogP contribution is -2.31. The van der Waals surface area contributed by atoms with E-state index in [0.717, 1.165) is 16.9 Å². The van der Waals surface area contributed by atoms with Crippen LogP contribution in [-0.4, -0.2) is 22.4 Å². The normalized spacial score (nSPS) is 10.1. The first kappa shape index (κ1) is 18.1. The summed E-state index contributed by atoms with van der Waals surface area (Å²) >= 11 is 0. The summed E-state index contributed by atoms with van der Waals surface area (Å²) in [5, 5.41) is 11.9. The number of nitriles is 1. The second-order valence-electron chi connectivity index (χ2n) is 5.97. The quantitative estimate of drug-likeness (QED) is 0.744. The van der Waals surface area contributed by atoms with Gasteiger partial charge in [0.2, 0.25) is 5.95 Å². The number of carbonyl (C=O) groups is 1. The Balaban J connectivity index is 1.83. The lowest BCUT2D eigenvalue weighted by atomic mass is 10.2. The van der Waals surface area contributed by atoms with E-state index in [1.54, 1.807) is 41.4 Å². The molecule has 134 valence electrons. The fourth-order valence-corrected chi connectivity index (χ4v) is 2.67. The van der Waals surface area contributed by atoms with E-state index in [1.807, 2.05) is 38.1 Å². The summed E-state index contributed by atoms with van der Waals surface area (Å²) in [7, 11) is 0. The standard InChI is InChI=1S/C21H19N5O/c1-3-26(18-6-4-5-15(2)13-18)20(27)19-11-12-23-21(25-19)24-17-9-7-16(14-22)8-10-17/h4-13H,3H2,1-2H3,(H,23,24,25). The van der Waals surface area contributed by atoms with E-state index in [9.17, 15) is 4.79 Å². The number of nitrogens with one attached hydrogen (secondary N) is 1.